The van der Waals surface area contributed by atoms with Crippen molar-refractivity contribution in [3.63, 3.8) is 0 Å². The fourth-order valence-corrected chi connectivity index (χ4v) is 3.29. The summed E-state index contributed by atoms with van der Waals surface area (Å²) in [6.45, 7) is 1.45. The highest BCUT2D eigenvalue weighted by molar-refractivity contribution is 5.78. The molecule has 158 valence electrons. The number of hydrogen-bond donors (Lipinski definition) is 0. The van der Waals surface area contributed by atoms with Gasteiger partial charge in [-0.3, -0.25) is 14.2 Å². The molecule has 0 bridgehead atoms. The van der Waals surface area contributed by atoms with Gasteiger partial charge in [-0.1, -0.05) is 24.3 Å². The zero-order chi connectivity index (χ0) is 22.1. The van der Waals surface area contributed by atoms with Gasteiger partial charge in [0.25, 0.3) is 5.56 Å². The molecule has 9 heteroatoms. The Morgan fingerprint density at radius 3 is 2.58 bits per heavy atom. The second-order valence-corrected chi connectivity index (χ2v) is 7.16. The molecule has 31 heavy (non-hydrogen) atoms. The molecule has 2 aromatic carbocycles. The molecule has 0 N–H and O–H groups in total. The first kappa shape index (κ1) is 20.4. The van der Waals surface area contributed by atoms with Crippen molar-refractivity contribution in [2.75, 3.05) is 7.05 Å². The van der Waals surface area contributed by atoms with Crippen LogP contribution in [0.3, 0.4) is 0 Å². The van der Waals surface area contributed by atoms with Gasteiger partial charge in [0.2, 0.25) is 5.91 Å². The topological polar surface area (TPSA) is 73.0 Å². The van der Waals surface area contributed by atoms with Gasteiger partial charge in [-0.2, -0.15) is 5.10 Å². The van der Waals surface area contributed by atoms with E-state index in [1.807, 2.05) is 30.3 Å². The average Bonchev–Trinajstić information content (AvgIpc) is 3.22. The number of likely N-dealkylation sites (N-methyl/N-ethyl adjacent to an activating group) is 1. The molecule has 7 nitrogen and oxygen atoms in total. The minimum atomic E-state index is -0.980. The Kier molecular flexibility index (Phi) is 5.33. The molecule has 1 atom stereocenters. The van der Waals surface area contributed by atoms with Crippen LogP contribution in [0.4, 0.5) is 8.78 Å². The standard InChI is InChI=1S/C22H19F2N5O2/c1-14(15-8-9-18(23)19(24)10-15)27(2)20(30)12-28-13-25-21-17(22(28)31)11-26-29(21)16-6-4-3-5-7-16/h3-11,13-14H,12H2,1-2H3. The quantitative estimate of drug-likeness (QED) is 0.495. The molecule has 0 radical (unpaired) electrons. The number of carbonyl (C=O) groups excluding carboxylic acids is 1. The summed E-state index contributed by atoms with van der Waals surface area (Å²) in [6.07, 6.45) is 2.73. The molecule has 0 saturated heterocycles. The minimum absolute atomic E-state index is 0.247. The van der Waals surface area contributed by atoms with Crippen LogP contribution in [-0.2, 0) is 11.3 Å². The number of halogens is 2. The van der Waals surface area contributed by atoms with Gasteiger partial charge in [0.15, 0.2) is 17.3 Å². The Labute approximate surface area is 176 Å². The number of carbonyl (C=O) groups is 1. The van der Waals surface area contributed by atoms with Crippen LogP contribution in [0.15, 0.2) is 65.8 Å². The molecule has 0 fully saturated rings. The lowest BCUT2D eigenvalue weighted by Gasteiger charge is -2.25. The van der Waals surface area contributed by atoms with Gasteiger partial charge in [0.1, 0.15) is 18.3 Å². The molecular weight excluding hydrogens is 404 g/mol. The van der Waals surface area contributed by atoms with E-state index in [0.29, 0.717) is 11.2 Å². The summed E-state index contributed by atoms with van der Waals surface area (Å²) < 4.78 is 29.5. The zero-order valence-electron chi connectivity index (χ0n) is 16.9. The van der Waals surface area contributed by atoms with Gasteiger partial charge in [0.05, 0.1) is 17.9 Å². The SMILES string of the molecule is CC(c1ccc(F)c(F)c1)N(C)C(=O)Cn1cnc2c(cnn2-c2ccccc2)c1=O. The van der Waals surface area contributed by atoms with E-state index in [9.17, 15) is 18.4 Å². The molecule has 0 saturated carbocycles. The van der Waals surface area contributed by atoms with Crippen LogP contribution < -0.4 is 5.56 Å². The van der Waals surface area contributed by atoms with Crippen LogP contribution in [-0.4, -0.2) is 37.2 Å². The Bertz CT molecular complexity index is 1320. The maximum Gasteiger partial charge on any atom is 0.264 e. The summed E-state index contributed by atoms with van der Waals surface area (Å²) >= 11 is 0. The molecule has 2 heterocycles. The van der Waals surface area contributed by atoms with Crippen molar-refractivity contribution in [1.29, 1.82) is 0 Å². The van der Waals surface area contributed by atoms with E-state index in [0.717, 1.165) is 17.8 Å². The summed E-state index contributed by atoms with van der Waals surface area (Å²) in [4.78, 5) is 31.3. The normalized spacial score (nSPS) is 12.1. The molecule has 4 aromatic rings. The number of para-hydroxylation sites is 1. The van der Waals surface area contributed by atoms with E-state index < -0.39 is 23.2 Å². The van der Waals surface area contributed by atoms with Crippen molar-refractivity contribution in [2.24, 2.45) is 0 Å². The lowest BCUT2D eigenvalue weighted by atomic mass is 10.1. The van der Waals surface area contributed by atoms with E-state index >= 15 is 0 Å². The summed E-state index contributed by atoms with van der Waals surface area (Å²) in [5.74, 6) is -2.31. The van der Waals surface area contributed by atoms with Crippen molar-refractivity contribution in [3.05, 3.63) is 88.6 Å². The third kappa shape index (κ3) is 3.81. The predicted octanol–water partition coefficient (Wildman–Crippen LogP) is 3.08. The number of fused-ring (bicyclic) bond motifs is 1. The third-order valence-corrected chi connectivity index (χ3v) is 5.26. The molecular formula is C22H19F2N5O2. The fraction of sp³-hybridized carbons (Fsp3) is 0.182. The maximum absolute atomic E-state index is 13.5. The summed E-state index contributed by atoms with van der Waals surface area (Å²) in [7, 11) is 1.54. The minimum Gasteiger partial charge on any atom is -0.337 e. The highest BCUT2D eigenvalue weighted by Gasteiger charge is 2.20. The fourth-order valence-electron chi connectivity index (χ4n) is 3.29. The first-order chi connectivity index (χ1) is 14.9. The van der Waals surface area contributed by atoms with Crippen LogP contribution >= 0.6 is 0 Å². The highest BCUT2D eigenvalue weighted by Crippen LogP contribution is 2.21. The van der Waals surface area contributed by atoms with Crippen LogP contribution in [0.1, 0.15) is 18.5 Å². The zero-order valence-corrected chi connectivity index (χ0v) is 16.9. The number of nitrogens with zero attached hydrogens (tertiary/aromatic N) is 5. The molecule has 4 rings (SSSR count). The van der Waals surface area contributed by atoms with Crippen molar-refractivity contribution < 1.29 is 13.6 Å². The molecule has 0 spiro atoms. The third-order valence-electron chi connectivity index (χ3n) is 5.26. The molecule has 0 aliphatic rings. The van der Waals surface area contributed by atoms with Gasteiger partial charge >= 0.3 is 0 Å². The Hall–Kier alpha value is -3.88. The van der Waals surface area contributed by atoms with E-state index in [1.165, 1.54) is 28.1 Å². The first-order valence-electron chi connectivity index (χ1n) is 9.56. The van der Waals surface area contributed by atoms with Crippen LogP contribution in [0.25, 0.3) is 16.7 Å². The van der Waals surface area contributed by atoms with Crippen LogP contribution in [0, 0.1) is 11.6 Å². The van der Waals surface area contributed by atoms with Crippen LogP contribution in [0.2, 0.25) is 0 Å². The lowest BCUT2D eigenvalue weighted by molar-refractivity contribution is -0.132. The Balaban J connectivity index is 1.58. The molecule has 1 amide bonds. The second kappa shape index (κ2) is 8.10. The summed E-state index contributed by atoms with van der Waals surface area (Å²) in [5.41, 5.74) is 1.20. The number of rotatable bonds is 5. The largest absolute Gasteiger partial charge is 0.337 e. The number of benzene rings is 2. The van der Waals surface area contributed by atoms with Crippen molar-refractivity contribution in [3.8, 4) is 5.69 Å². The Morgan fingerprint density at radius 1 is 1.13 bits per heavy atom. The first-order valence-corrected chi connectivity index (χ1v) is 9.56. The van der Waals surface area contributed by atoms with Crippen molar-refractivity contribution >= 4 is 16.9 Å². The molecule has 1 unspecified atom stereocenters. The van der Waals surface area contributed by atoms with Gasteiger partial charge in [-0.15, -0.1) is 0 Å². The van der Waals surface area contributed by atoms with E-state index in [-0.39, 0.29) is 17.8 Å². The number of amides is 1. The number of aromatic nitrogens is 4. The number of hydrogen-bond acceptors (Lipinski definition) is 4. The second-order valence-electron chi connectivity index (χ2n) is 7.16. The van der Waals surface area contributed by atoms with E-state index in [1.54, 1.807) is 18.7 Å². The van der Waals surface area contributed by atoms with Crippen LogP contribution in [0.5, 0.6) is 0 Å². The van der Waals surface area contributed by atoms with E-state index in [4.69, 9.17) is 0 Å². The Morgan fingerprint density at radius 2 is 1.87 bits per heavy atom. The predicted molar refractivity (Wildman–Crippen MR) is 111 cm³/mol. The molecule has 0 aliphatic carbocycles. The van der Waals surface area contributed by atoms with Crippen molar-refractivity contribution in [1.82, 2.24) is 24.2 Å². The monoisotopic (exact) mass is 423 g/mol. The van der Waals surface area contributed by atoms with Crippen molar-refractivity contribution in [2.45, 2.75) is 19.5 Å². The van der Waals surface area contributed by atoms with Gasteiger partial charge in [-0.05, 0) is 36.8 Å². The smallest absolute Gasteiger partial charge is 0.264 e. The summed E-state index contributed by atoms with van der Waals surface area (Å²) in [6, 6.07) is 12.3. The van der Waals surface area contributed by atoms with Gasteiger partial charge in [0, 0.05) is 7.05 Å². The van der Waals surface area contributed by atoms with E-state index in [2.05, 4.69) is 10.1 Å². The lowest BCUT2D eigenvalue weighted by Crippen LogP contribution is -2.35. The van der Waals surface area contributed by atoms with Gasteiger partial charge < -0.3 is 4.90 Å². The van der Waals surface area contributed by atoms with Gasteiger partial charge in [-0.25, -0.2) is 18.4 Å². The molecule has 0 aliphatic heterocycles. The maximum atomic E-state index is 13.5. The summed E-state index contributed by atoms with van der Waals surface area (Å²) in [5, 5.41) is 4.53. The average molecular weight is 423 g/mol. The highest BCUT2D eigenvalue weighted by atomic mass is 19.2. The molecule has 2 aromatic heterocycles.